The molecule has 1 saturated heterocycles. The van der Waals surface area contributed by atoms with Gasteiger partial charge in [-0.05, 0) is 28.7 Å². The van der Waals surface area contributed by atoms with E-state index in [-0.39, 0.29) is 25.5 Å². The van der Waals surface area contributed by atoms with Gasteiger partial charge in [0.2, 0.25) is 0 Å². The minimum absolute atomic E-state index is 0.0345. The highest BCUT2D eigenvalue weighted by Gasteiger charge is 2.36. The number of nitrogens with zero attached hydrogens (tertiary/aromatic N) is 1. The Balaban J connectivity index is 1.47. The van der Waals surface area contributed by atoms with Crippen molar-refractivity contribution in [3.63, 3.8) is 0 Å². The number of aliphatic carboxylic acids is 1. The van der Waals surface area contributed by atoms with Gasteiger partial charge in [-0.2, -0.15) is 0 Å². The molecule has 1 aliphatic carbocycles. The molecule has 2 aliphatic rings. The number of piperidine rings is 1. The summed E-state index contributed by atoms with van der Waals surface area (Å²) >= 11 is 0. The summed E-state index contributed by atoms with van der Waals surface area (Å²) in [5, 5.41) is 19.0. The Morgan fingerprint density at radius 2 is 1.63 bits per heavy atom. The van der Waals surface area contributed by atoms with Gasteiger partial charge in [-0.1, -0.05) is 48.5 Å². The second-order valence-corrected chi connectivity index (χ2v) is 7.05. The lowest BCUT2D eigenvalue weighted by Crippen LogP contribution is -2.49. The summed E-state index contributed by atoms with van der Waals surface area (Å²) < 4.78 is 5.55. The minimum Gasteiger partial charge on any atom is -0.481 e. The van der Waals surface area contributed by atoms with Gasteiger partial charge in [0.05, 0.1) is 6.10 Å². The summed E-state index contributed by atoms with van der Waals surface area (Å²) in [5.74, 6) is -2.11. The first-order valence-corrected chi connectivity index (χ1v) is 9.07. The third-order valence-electron chi connectivity index (χ3n) is 5.49. The lowest BCUT2D eigenvalue weighted by atomic mass is 9.95. The molecule has 1 fully saturated rings. The van der Waals surface area contributed by atoms with Crippen LogP contribution in [0.5, 0.6) is 0 Å². The number of aliphatic hydroxyl groups is 1. The topological polar surface area (TPSA) is 87.1 Å². The van der Waals surface area contributed by atoms with Crippen LogP contribution in [-0.4, -0.2) is 53.0 Å². The highest BCUT2D eigenvalue weighted by atomic mass is 16.6. The number of rotatable bonds is 3. The Morgan fingerprint density at radius 1 is 1.04 bits per heavy atom. The molecular formula is C21H21NO5. The van der Waals surface area contributed by atoms with Crippen LogP contribution in [-0.2, 0) is 9.53 Å². The number of hydrogen-bond donors (Lipinski definition) is 2. The zero-order valence-electron chi connectivity index (χ0n) is 14.7. The van der Waals surface area contributed by atoms with E-state index in [1.54, 1.807) is 0 Å². The number of carbonyl (C=O) groups excluding carboxylic acids is 1. The average Bonchev–Trinajstić information content (AvgIpc) is 3.00. The van der Waals surface area contributed by atoms with Gasteiger partial charge in [0, 0.05) is 19.0 Å². The molecule has 0 aromatic heterocycles. The number of carboxylic acids is 1. The van der Waals surface area contributed by atoms with E-state index in [9.17, 15) is 19.8 Å². The van der Waals surface area contributed by atoms with Crippen molar-refractivity contribution in [2.45, 2.75) is 18.4 Å². The molecule has 0 radical (unpaired) electrons. The molecule has 140 valence electrons. The third kappa shape index (κ3) is 3.17. The van der Waals surface area contributed by atoms with E-state index in [0.717, 1.165) is 22.3 Å². The minimum atomic E-state index is -1.10. The number of carbonyl (C=O) groups is 2. The summed E-state index contributed by atoms with van der Waals surface area (Å²) in [5.41, 5.74) is 4.57. The third-order valence-corrected chi connectivity index (χ3v) is 5.49. The van der Waals surface area contributed by atoms with Gasteiger partial charge in [0.1, 0.15) is 12.5 Å². The molecule has 1 aliphatic heterocycles. The van der Waals surface area contributed by atoms with Crippen molar-refractivity contribution in [2.75, 3.05) is 19.7 Å². The predicted molar refractivity (Wildman–Crippen MR) is 98.4 cm³/mol. The fourth-order valence-corrected chi connectivity index (χ4v) is 4.03. The van der Waals surface area contributed by atoms with Gasteiger partial charge in [-0.3, -0.25) is 4.79 Å². The van der Waals surface area contributed by atoms with Crippen LogP contribution in [0, 0.1) is 5.92 Å². The van der Waals surface area contributed by atoms with Crippen molar-refractivity contribution in [3.05, 3.63) is 59.7 Å². The van der Waals surface area contributed by atoms with Gasteiger partial charge in [-0.25, -0.2) is 4.79 Å². The highest BCUT2D eigenvalue weighted by Crippen LogP contribution is 2.44. The van der Waals surface area contributed by atoms with Crippen molar-refractivity contribution in [1.29, 1.82) is 0 Å². The maximum atomic E-state index is 12.5. The molecule has 2 aromatic rings. The lowest BCUT2D eigenvalue weighted by Gasteiger charge is -2.33. The van der Waals surface area contributed by atoms with E-state index < -0.39 is 24.1 Å². The number of carboxylic acid groups (broad SMARTS) is 1. The average molecular weight is 367 g/mol. The quantitative estimate of drug-likeness (QED) is 0.871. The molecule has 2 aromatic carbocycles. The lowest BCUT2D eigenvalue weighted by molar-refractivity contribution is -0.148. The van der Waals surface area contributed by atoms with Gasteiger partial charge < -0.3 is 19.8 Å². The maximum absolute atomic E-state index is 12.5. The molecule has 0 spiro atoms. The number of amides is 1. The Hall–Kier alpha value is -2.86. The van der Waals surface area contributed by atoms with Gasteiger partial charge >= 0.3 is 12.1 Å². The second kappa shape index (κ2) is 7.04. The molecule has 27 heavy (non-hydrogen) atoms. The van der Waals surface area contributed by atoms with Crippen LogP contribution in [0.1, 0.15) is 23.5 Å². The molecule has 6 nitrogen and oxygen atoms in total. The van der Waals surface area contributed by atoms with E-state index >= 15 is 0 Å². The van der Waals surface area contributed by atoms with E-state index in [1.165, 1.54) is 4.90 Å². The largest absolute Gasteiger partial charge is 0.481 e. The first-order chi connectivity index (χ1) is 13.1. The predicted octanol–water partition coefficient (Wildman–Crippen LogP) is 2.70. The Kier molecular flexibility index (Phi) is 4.58. The number of benzene rings is 2. The normalized spacial score (nSPS) is 21.4. The van der Waals surface area contributed by atoms with E-state index in [4.69, 9.17) is 4.74 Å². The standard InChI is InChI=1S/C21H21NO5/c23-19-9-10-22(11-17(19)20(24)25)21(26)27-12-18-15-7-3-1-5-13(15)14-6-2-4-8-16(14)18/h1-8,17-19,23H,9-12H2,(H,24,25). The van der Waals surface area contributed by atoms with Gasteiger partial charge in [-0.15, -0.1) is 0 Å². The number of likely N-dealkylation sites (tertiary alicyclic amines) is 1. The molecule has 1 amide bonds. The van der Waals surface area contributed by atoms with Crippen molar-refractivity contribution in [3.8, 4) is 11.1 Å². The molecule has 1 heterocycles. The molecule has 2 N–H and O–H groups in total. The van der Waals surface area contributed by atoms with Crippen LogP contribution in [0.25, 0.3) is 11.1 Å². The highest BCUT2D eigenvalue weighted by molar-refractivity contribution is 5.79. The van der Waals surface area contributed by atoms with Crippen molar-refractivity contribution in [2.24, 2.45) is 5.92 Å². The van der Waals surface area contributed by atoms with E-state index in [2.05, 4.69) is 12.1 Å². The molecule has 6 heteroatoms. The summed E-state index contributed by atoms with van der Waals surface area (Å²) in [6.07, 6.45) is -1.23. The fraction of sp³-hybridized carbons (Fsp3) is 0.333. The maximum Gasteiger partial charge on any atom is 0.409 e. The fourth-order valence-electron chi connectivity index (χ4n) is 4.03. The summed E-state index contributed by atoms with van der Waals surface area (Å²) in [6, 6.07) is 16.2. The molecule has 4 rings (SSSR count). The van der Waals surface area contributed by atoms with Crippen molar-refractivity contribution >= 4 is 12.1 Å². The zero-order valence-corrected chi connectivity index (χ0v) is 14.7. The van der Waals surface area contributed by atoms with Crippen molar-refractivity contribution < 1.29 is 24.5 Å². The van der Waals surface area contributed by atoms with Crippen LogP contribution in [0.4, 0.5) is 4.79 Å². The molecule has 2 unspecified atom stereocenters. The molecule has 0 bridgehead atoms. The van der Waals surface area contributed by atoms with Gasteiger partial charge in [0.25, 0.3) is 0 Å². The smallest absolute Gasteiger partial charge is 0.409 e. The van der Waals surface area contributed by atoms with Crippen LogP contribution in [0.2, 0.25) is 0 Å². The van der Waals surface area contributed by atoms with Crippen LogP contribution >= 0.6 is 0 Å². The van der Waals surface area contributed by atoms with Gasteiger partial charge in [0.15, 0.2) is 0 Å². The van der Waals surface area contributed by atoms with E-state index in [0.29, 0.717) is 6.54 Å². The number of ether oxygens (including phenoxy) is 1. The van der Waals surface area contributed by atoms with Crippen LogP contribution in [0.3, 0.4) is 0 Å². The van der Waals surface area contributed by atoms with E-state index in [1.807, 2.05) is 36.4 Å². The monoisotopic (exact) mass is 367 g/mol. The molecule has 2 atom stereocenters. The Bertz CT molecular complexity index is 835. The van der Waals surface area contributed by atoms with Crippen LogP contribution < -0.4 is 0 Å². The summed E-state index contributed by atoms with van der Waals surface area (Å²) in [7, 11) is 0. The summed E-state index contributed by atoms with van der Waals surface area (Å²) in [4.78, 5) is 25.1. The van der Waals surface area contributed by atoms with Crippen LogP contribution in [0.15, 0.2) is 48.5 Å². The SMILES string of the molecule is O=C(O)C1CN(C(=O)OCC2c3ccccc3-c3ccccc32)CCC1O. The first kappa shape index (κ1) is 17.5. The second-order valence-electron chi connectivity index (χ2n) is 7.05. The number of hydrogen-bond acceptors (Lipinski definition) is 4. The first-order valence-electron chi connectivity index (χ1n) is 9.07. The van der Waals surface area contributed by atoms with Crippen molar-refractivity contribution in [1.82, 2.24) is 4.90 Å². The number of fused-ring (bicyclic) bond motifs is 3. The zero-order chi connectivity index (χ0) is 19.0. The number of aliphatic hydroxyl groups excluding tert-OH is 1. The molecular weight excluding hydrogens is 346 g/mol. The summed E-state index contributed by atoms with van der Waals surface area (Å²) in [6.45, 7) is 0.457. The Morgan fingerprint density at radius 3 is 2.22 bits per heavy atom. The molecule has 0 saturated carbocycles. The Labute approximate surface area is 157 Å².